The number of anilines is 1. The number of hydrogen-bond donors (Lipinski definition) is 1. The second kappa shape index (κ2) is 8.13. The minimum absolute atomic E-state index is 0.0476. The lowest BCUT2D eigenvalue weighted by Crippen LogP contribution is -2.13. The van der Waals surface area contributed by atoms with E-state index in [2.05, 4.69) is 5.32 Å². The van der Waals surface area contributed by atoms with Crippen molar-refractivity contribution in [1.82, 2.24) is 0 Å². The van der Waals surface area contributed by atoms with Crippen LogP contribution in [0.5, 0.6) is 5.75 Å². The molecule has 0 aromatic heterocycles. The first-order valence-corrected chi connectivity index (χ1v) is 7.83. The number of carbonyl (C=O) groups excluding carboxylic acids is 1. The third kappa shape index (κ3) is 4.69. The van der Waals surface area contributed by atoms with Gasteiger partial charge in [-0.15, -0.1) is 0 Å². The highest BCUT2D eigenvalue weighted by atomic mass is 35.5. The lowest BCUT2D eigenvalue weighted by Gasteiger charge is -2.13. The van der Waals surface area contributed by atoms with Crippen molar-refractivity contribution < 1.29 is 18.7 Å². The van der Waals surface area contributed by atoms with Gasteiger partial charge in [0.25, 0.3) is 5.91 Å². The van der Waals surface area contributed by atoms with Gasteiger partial charge in [0.2, 0.25) is 0 Å². The molecule has 0 bridgehead atoms. The van der Waals surface area contributed by atoms with E-state index in [4.69, 9.17) is 21.1 Å². The molecule has 0 heterocycles. The molecule has 1 N–H and O–H groups in total. The molecule has 128 valence electrons. The topological polar surface area (TPSA) is 47.6 Å². The molecule has 0 aliphatic rings. The van der Waals surface area contributed by atoms with E-state index in [0.29, 0.717) is 23.6 Å². The fraction of sp³-hybridized carbons (Fsp3) is 0.278. The summed E-state index contributed by atoms with van der Waals surface area (Å²) in [5.74, 6) is -0.213. The predicted octanol–water partition coefficient (Wildman–Crippen LogP) is 4.67. The summed E-state index contributed by atoms with van der Waals surface area (Å²) in [5.41, 5.74) is 1.64. The van der Waals surface area contributed by atoms with Crippen molar-refractivity contribution in [2.75, 3.05) is 12.4 Å². The van der Waals surface area contributed by atoms with Crippen molar-refractivity contribution in [1.29, 1.82) is 0 Å². The number of rotatable bonds is 6. The highest BCUT2D eigenvalue weighted by Gasteiger charge is 2.12. The Morgan fingerprint density at radius 1 is 1.25 bits per heavy atom. The van der Waals surface area contributed by atoms with E-state index < -0.39 is 5.82 Å². The van der Waals surface area contributed by atoms with Gasteiger partial charge in [-0.05, 0) is 50.2 Å². The number of benzene rings is 2. The van der Waals surface area contributed by atoms with Crippen LogP contribution in [0.25, 0.3) is 0 Å². The van der Waals surface area contributed by atoms with E-state index >= 15 is 0 Å². The molecule has 2 aromatic rings. The molecule has 0 aliphatic carbocycles. The lowest BCUT2D eigenvalue weighted by molar-refractivity contribution is 0.0644. The maximum absolute atomic E-state index is 13.2. The van der Waals surface area contributed by atoms with Gasteiger partial charge in [0, 0.05) is 16.8 Å². The van der Waals surface area contributed by atoms with E-state index in [-0.39, 0.29) is 17.0 Å². The van der Waals surface area contributed by atoms with Crippen LogP contribution >= 0.6 is 11.6 Å². The number of methoxy groups -OCH3 is 1. The lowest BCUT2D eigenvalue weighted by atomic mass is 10.1. The molecule has 4 nitrogen and oxygen atoms in total. The third-order valence-corrected chi connectivity index (χ3v) is 3.58. The molecule has 0 atom stereocenters. The Hall–Kier alpha value is -2.11. The van der Waals surface area contributed by atoms with E-state index in [0.717, 1.165) is 5.56 Å². The van der Waals surface area contributed by atoms with Gasteiger partial charge < -0.3 is 14.8 Å². The van der Waals surface area contributed by atoms with Crippen LogP contribution in [0.3, 0.4) is 0 Å². The fourth-order valence-electron chi connectivity index (χ4n) is 2.07. The minimum Gasteiger partial charge on any atom is -0.496 e. The maximum Gasteiger partial charge on any atom is 0.255 e. The van der Waals surface area contributed by atoms with Crippen LogP contribution in [-0.4, -0.2) is 19.1 Å². The molecule has 0 spiro atoms. The number of halogens is 2. The van der Waals surface area contributed by atoms with Gasteiger partial charge in [-0.3, -0.25) is 4.79 Å². The Kier molecular flexibility index (Phi) is 6.17. The van der Waals surface area contributed by atoms with Crippen LogP contribution in [0, 0.1) is 5.82 Å². The number of carbonyl (C=O) groups is 1. The zero-order chi connectivity index (χ0) is 17.7. The molecular weight excluding hydrogens is 333 g/mol. The molecule has 2 aromatic carbocycles. The standard InChI is InChI=1S/C18H19ClFNO3/c1-11(2)24-10-13-8-12(4-7-17(13)23-3)18(22)21-14-5-6-16(20)15(19)9-14/h4-9,11H,10H2,1-3H3,(H,21,22). The van der Waals surface area contributed by atoms with Gasteiger partial charge in [0.15, 0.2) is 0 Å². The van der Waals surface area contributed by atoms with Gasteiger partial charge >= 0.3 is 0 Å². The Morgan fingerprint density at radius 3 is 2.62 bits per heavy atom. The molecule has 0 saturated heterocycles. The van der Waals surface area contributed by atoms with Crippen molar-refractivity contribution in [3.63, 3.8) is 0 Å². The van der Waals surface area contributed by atoms with Crippen LogP contribution < -0.4 is 10.1 Å². The van der Waals surface area contributed by atoms with E-state index in [1.54, 1.807) is 25.3 Å². The molecule has 2 rings (SSSR count). The summed E-state index contributed by atoms with van der Waals surface area (Å²) >= 11 is 5.72. The number of ether oxygens (including phenoxy) is 2. The second-order valence-corrected chi connectivity index (χ2v) is 5.88. The van der Waals surface area contributed by atoms with Crippen molar-refractivity contribution in [2.45, 2.75) is 26.6 Å². The highest BCUT2D eigenvalue weighted by Crippen LogP contribution is 2.23. The van der Waals surface area contributed by atoms with Gasteiger partial charge in [0.1, 0.15) is 11.6 Å². The van der Waals surface area contributed by atoms with E-state index in [1.165, 1.54) is 18.2 Å². The first-order chi connectivity index (χ1) is 11.4. The molecule has 6 heteroatoms. The van der Waals surface area contributed by atoms with Gasteiger partial charge in [-0.25, -0.2) is 4.39 Å². The summed E-state index contributed by atoms with van der Waals surface area (Å²) in [6.07, 6.45) is 0.0635. The van der Waals surface area contributed by atoms with Crippen LogP contribution in [-0.2, 0) is 11.3 Å². The molecule has 0 fully saturated rings. The van der Waals surface area contributed by atoms with Gasteiger partial charge in [0.05, 0.1) is 24.8 Å². The summed E-state index contributed by atoms with van der Waals surface area (Å²) in [5, 5.41) is 2.64. The van der Waals surface area contributed by atoms with Crippen LogP contribution in [0.2, 0.25) is 5.02 Å². The Labute approximate surface area is 145 Å². The summed E-state index contributed by atoms with van der Waals surface area (Å²) in [6, 6.07) is 9.09. The zero-order valence-electron chi connectivity index (χ0n) is 13.7. The Morgan fingerprint density at radius 2 is 2.00 bits per heavy atom. The molecule has 0 aliphatic heterocycles. The summed E-state index contributed by atoms with van der Waals surface area (Å²) < 4.78 is 24.0. The highest BCUT2D eigenvalue weighted by molar-refractivity contribution is 6.31. The normalized spacial score (nSPS) is 10.8. The van der Waals surface area contributed by atoms with Crippen molar-refractivity contribution in [2.24, 2.45) is 0 Å². The first-order valence-electron chi connectivity index (χ1n) is 7.45. The molecule has 1 amide bonds. The van der Waals surface area contributed by atoms with E-state index in [1.807, 2.05) is 13.8 Å². The number of nitrogens with one attached hydrogen (secondary N) is 1. The van der Waals surface area contributed by atoms with Gasteiger partial charge in [-0.2, -0.15) is 0 Å². The SMILES string of the molecule is COc1ccc(C(=O)Nc2ccc(F)c(Cl)c2)cc1COC(C)C. The van der Waals surface area contributed by atoms with E-state index in [9.17, 15) is 9.18 Å². The third-order valence-electron chi connectivity index (χ3n) is 3.29. The predicted molar refractivity (Wildman–Crippen MR) is 92.3 cm³/mol. The van der Waals surface area contributed by atoms with Crippen molar-refractivity contribution in [3.05, 3.63) is 58.4 Å². The second-order valence-electron chi connectivity index (χ2n) is 5.47. The minimum atomic E-state index is -0.535. The molecule has 0 radical (unpaired) electrons. The first kappa shape index (κ1) is 18.2. The monoisotopic (exact) mass is 351 g/mol. The molecule has 0 saturated carbocycles. The fourth-order valence-corrected chi connectivity index (χ4v) is 2.25. The zero-order valence-corrected chi connectivity index (χ0v) is 14.5. The number of hydrogen-bond acceptors (Lipinski definition) is 3. The summed E-state index contributed by atoms with van der Waals surface area (Å²) in [6.45, 7) is 4.20. The molecular formula is C18H19ClFNO3. The smallest absolute Gasteiger partial charge is 0.255 e. The van der Waals surface area contributed by atoms with Crippen molar-refractivity contribution in [3.8, 4) is 5.75 Å². The van der Waals surface area contributed by atoms with Crippen LogP contribution in [0.4, 0.5) is 10.1 Å². The quantitative estimate of drug-likeness (QED) is 0.823. The van der Waals surface area contributed by atoms with Crippen LogP contribution in [0.15, 0.2) is 36.4 Å². The molecule has 0 unspecified atom stereocenters. The van der Waals surface area contributed by atoms with Crippen LogP contribution in [0.1, 0.15) is 29.8 Å². The molecule has 24 heavy (non-hydrogen) atoms. The average Bonchev–Trinajstić information content (AvgIpc) is 2.56. The Bertz CT molecular complexity index is 734. The number of amides is 1. The summed E-state index contributed by atoms with van der Waals surface area (Å²) in [7, 11) is 1.56. The largest absolute Gasteiger partial charge is 0.496 e. The summed E-state index contributed by atoms with van der Waals surface area (Å²) in [4.78, 5) is 12.4. The van der Waals surface area contributed by atoms with Gasteiger partial charge in [-0.1, -0.05) is 11.6 Å². The maximum atomic E-state index is 13.2. The Balaban J connectivity index is 2.19. The van der Waals surface area contributed by atoms with Crippen molar-refractivity contribution >= 4 is 23.2 Å². The average molecular weight is 352 g/mol.